The summed E-state index contributed by atoms with van der Waals surface area (Å²) < 4.78 is 16.0. The molecule has 3 atom stereocenters. The number of esters is 1. The third kappa shape index (κ3) is 6.74. The van der Waals surface area contributed by atoms with Crippen LogP contribution < -0.4 is 5.32 Å². The lowest BCUT2D eigenvalue weighted by Gasteiger charge is -2.28. The molecule has 1 aromatic rings. The molecule has 0 radical (unpaired) electrons. The van der Waals surface area contributed by atoms with E-state index in [1.54, 1.807) is 20.8 Å². The van der Waals surface area contributed by atoms with Gasteiger partial charge in [0.1, 0.15) is 17.7 Å². The van der Waals surface area contributed by atoms with Crippen LogP contribution in [0, 0.1) is 0 Å². The Morgan fingerprint density at radius 1 is 1.21 bits per heavy atom. The molecule has 1 aliphatic heterocycles. The molecule has 1 aliphatic rings. The van der Waals surface area contributed by atoms with Crippen LogP contribution in [0.1, 0.15) is 39.7 Å². The number of carbonyl (C=O) groups is 3. The van der Waals surface area contributed by atoms with Gasteiger partial charge in [0.2, 0.25) is 5.91 Å². The zero-order valence-electron chi connectivity index (χ0n) is 17.6. The summed E-state index contributed by atoms with van der Waals surface area (Å²) in [5, 5.41) is 2.60. The van der Waals surface area contributed by atoms with Crippen LogP contribution >= 0.6 is 0 Å². The fourth-order valence-corrected chi connectivity index (χ4v) is 3.02. The number of likely N-dealkylation sites (tertiary alicyclic amines) is 1. The molecule has 0 aliphatic carbocycles. The molecule has 8 heteroatoms. The maximum atomic E-state index is 12.8. The van der Waals surface area contributed by atoms with Crippen molar-refractivity contribution in [3.05, 3.63) is 35.9 Å². The quantitative estimate of drug-likeness (QED) is 0.729. The summed E-state index contributed by atoms with van der Waals surface area (Å²) in [6.45, 7) is 7.42. The maximum Gasteiger partial charge on any atom is 0.411 e. The van der Waals surface area contributed by atoms with E-state index in [9.17, 15) is 14.4 Å². The van der Waals surface area contributed by atoms with E-state index in [0.29, 0.717) is 13.0 Å². The number of ether oxygens (including phenoxy) is 3. The third-order valence-corrected chi connectivity index (χ3v) is 4.44. The summed E-state index contributed by atoms with van der Waals surface area (Å²) >= 11 is 0. The lowest BCUT2D eigenvalue weighted by molar-refractivity contribution is -0.145. The summed E-state index contributed by atoms with van der Waals surface area (Å²) in [7, 11) is 1.25. The molecule has 1 fully saturated rings. The normalized spacial score (nSPS) is 20.1. The second-order valence-corrected chi connectivity index (χ2v) is 8.06. The van der Waals surface area contributed by atoms with Gasteiger partial charge in [-0.2, -0.15) is 0 Å². The van der Waals surface area contributed by atoms with Gasteiger partial charge >= 0.3 is 12.1 Å². The molecule has 29 heavy (non-hydrogen) atoms. The van der Waals surface area contributed by atoms with Crippen LogP contribution in [-0.4, -0.2) is 60.3 Å². The SMILES string of the molecule is COC(=O)[C@H](C)NC(=O)[C@@H]1C[C@@H](OCc2ccccc2)CN1C(=O)OC(C)(C)C. The number of benzene rings is 1. The largest absolute Gasteiger partial charge is 0.467 e. The van der Waals surface area contributed by atoms with Crippen molar-refractivity contribution < 1.29 is 28.6 Å². The molecule has 2 rings (SSSR count). The molecule has 160 valence electrons. The van der Waals surface area contributed by atoms with E-state index < -0.39 is 35.7 Å². The Morgan fingerprint density at radius 3 is 2.45 bits per heavy atom. The standard InChI is InChI=1S/C21H30N2O6/c1-14(19(25)27-5)22-18(24)17-11-16(28-13-15-9-7-6-8-10-15)12-23(17)20(26)29-21(2,3)4/h6-10,14,16-17H,11-13H2,1-5H3,(H,22,24)/t14-,16+,17-/m0/s1. The van der Waals surface area contributed by atoms with E-state index >= 15 is 0 Å². The Labute approximate surface area is 171 Å². The molecule has 0 unspecified atom stereocenters. The van der Waals surface area contributed by atoms with E-state index in [1.165, 1.54) is 18.9 Å². The maximum absolute atomic E-state index is 12.8. The van der Waals surface area contributed by atoms with Gasteiger partial charge < -0.3 is 19.5 Å². The predicted octanol–water partition coefficient (Wildman–Crippen LogP) is 2.26. The molecule has 2 amide bonds. The number of methoxy groups -OCH3 is 1. The van der Waals surface area contributed by atoms with Crippen LogP contribution in [0.5, 0.6) is 0 Å². The van der Waals surface area contributed by atoms with Gasteiger partial charge in [-0.3, -0.25) is 9.69 Å². The number of carbonyl (C=O) groups excluding carboxylic acids is 3. The number of hydrogen-bond donors (Lipinski definition) is 1. The van der Waals surface area contributed by atoms with Gasteiger partial charge in [-0.15, -0.1) is 0 Å². The summed E-state index contributed by atoms with van der Waals surface area (Å²) in [5.74, 6) is -1.00. The van der Waals surface area contributed by atoms with E-state index in [4.69, 9.17) is 9.47 Å². The van der Waals surface area contributed by atoms with Crippen molar-refractivity contribution in [1.82, 2.24) is 10.2 Å². The summed E-state index contributed by atoms with van der Waals surface area (Å²) in [5.41, 5.74) is 0.309. The molecular formula is C21H30N2O6. The first kappa shape index (κ1) is 22.7. The van der Waals surface area contributed by atoms with E-state index in [-0.39, 0.29) is 12.6 Å². The number of hydrogen-bond acceptors (Lipinski definition) is 6. The second-order valence-electron chi connectivity index (χ2n) is 8.06. The number of nitrogens with zero attached hydrogens (tertiary/aromatic N) is 1. The van der Waals surface area contributed by atoms with Crippen molar-refractivity contribution in [2.24, 2.45) is 0 Å². The van der Waals surface area contributed by atoms with Gasteiger partial charge in [0.05, 0.1) is 26.4 Å². The molecule has 1 aromatic carbocycles. The van der Waals surface area contributed by atoms with Crippen molar-refractivity contribution in [2.45, 2.75) is 64.5 Å². The minimum absolute atomic E-state index is 0.229. The predicted molar refractivity (Wildman–Crippen MR) is 106 cm³/mol. The Morgan fingerprint density at radius 2 is 1.86 bits per heavy atom. The first-order valence-corrected chi connectivity index (χ1v) is 9.64. The number of rotatable bonds is 6. The molecule has 8 nitrogen and oxygen atoms in total. The van der Waals surface area contributed by atoms with Crippen molar-refractivity contribution in [1.29, 1.82) is 0 Å². The topological polar surface area (TPSA) is 94.2 Å². The molecule has 0 aromatic heterocycles. The van der Waals surface area contributed by atoms with Gasteiger partial charge in [0.25, 0.3) is 0 Å². The van der Waals surface area contributed by atoms with Gasteiger partial charge in [0, 0.05) is 6.42 Å². The van der Waals surface area contributed by atoms with Crippen LogP contribution in [-0.2, 0) is 30.4 Å². The van der Waals surface area contributed by atoms with Crippen LogP contribution in [0.15, 0.2) is 30.3 Å². The average molecular weight is 406 g/mol. The number of amides is 2. The third-order valence-electron chi connectivity index (χ3n) is 4.44. The van der Waals surface area contributed by atoms with Crippen LogP contribution in [0.2, 0.25) is 0 Å². The lowest BCUT2D eigenvalue weighted by atomic mass is 10.1. The summed E-state index contributed by atoms with van der Waals surface area (Å²) in [6, 6.07) is 8.04. The zero-order valence-corrected chi connectivity index (χ0v) is 17.6. The fourth-order valence-electron chi connectivity index (χ4n) is 3.02. The molecule has 0 bridgehead atoms. The van der Waals surface area contributed by atoms with E-state index in [2.05, 4.69) is 10.1 Å². The van der Waals surface area contributed by atoms with E-state index in [0.717, 1.165) is 5.56 Å². The summed E-state index contributed by atoms with van der Waals surface area (Å²) in [4.78, 5) is 38.4. The van der Waals surface area contributed by atoms with Crippen molar-refractivity contribution >= 4 is 18.0 Å². The van der Waals surface area contributed by atoms with Gasteiger partial charge in [0.15, 0.2) is 0 Å². The highest BCUT2D eigenvalue weighted by Crippen LogP contribution is 2.24. The highest BCUT2D eigenvalue weighted by Gasteiger charge is 2.42. The Hall–Kier alpha value is -2.61. The molecular weight excluding hydrogens is 376 g/mol. The van der Waals surface area contributed by atoms with Gasteiger partial charge in [-0.25, -0.2) is 9.59 Å². The van der Waals surface area contributed by atoms with Crippen LogP contribution in [0.4, 0.5) is 4.79 Å². The van der Waals surface area contributed by atoms with Crippen molar-refractivity contribution in [3.63, 3.8) is 0 Å². The Bertz CT molecular complexity index is 716. The summed E-state index contributed by atoms with van der Waals surface area (Å²) in [6.07, 6.45) is -0.604. The average Bonchev–Trinajstić information content (AvgIpc) is 3.10. The van der Waals surface area contributed by atoms with Crippen LogP contribution in [0.3, 0.4) is 0 Å². The minimum atomic E-state index is -0.822. The highest BCUT2D eigenvalue weighted by atomic mass is 16.6. The molecule has 1 heterocycles. The van der Waals surface area contributed by atoms with Crippen molar-refractivity contribution in [3.8, 4) is 0 Å². The van der Waals surface area contributed by atoms with E-state index in [1.807, 2.05) is 30.3 Å². The van der Waals surface area contributed by atoms with Gasteiger partial charge in [-0.05, 0) is 33.3 Å². The zero-order chi connectivity index (χ0) is 21.6. The smallest absolute Gasteiger partial charge is 0.411 e. The number of nitrogens with one attached hydrogen (secondary N) is 1. The molecule has 1 N–H and O–H groups in total. The highest BCUT2D eigenvalue weighted by molar-refractivity contribution is 5.90. The Balaban J connectivity index is 2.07. The monoisotopic (exact) mass is 406 g/mol. The second kappa shape index (κ2) is 9.73. The Kier molecular flexibility index (Phi) is 7.61. The molecule has 0 spiro atoms. The minimum Gasteiger partial charge on any atom is -0.467 e. The van der Waals surface area contributed by atoms with Crippen LogP contribution in [0.25, 0.3) is 0 Å². The van der Waals surface area contributed by atoms with Gasteiger partial charge in [-0.1, -0.05) is 30.3 Å². The molecule has 1 saturated heterocycles. The fraction of sp³-hybridized carbons (Fsp3) is 0.571. The van der Waals surface area contributed by atoms with Crippen molar-refractivity contribution in [2.75, 3.05) is 13.7 Å². The first-order valence-electron chi connectivity index (χ1n) is 9.64. The molecule has 0 saturated carbocycles. The first-order chi connectivity index (χ1) is 13.6. The lowest BCUT2D eigenvalue weighted by Crippen LogP contribution is -2.51.